The highest BCUT2D eigenvalue weighted by Gasteiger charge is 2.31. The lowest BCUT2D eigenvalue weighted by molar-refractivity contribution is 0.0662. The zero-order valence-electron chi connectivity index (χ0n) is 11.2. The van der Waals surface area contributed by atoms with E-state index in [0.717, 1.165) is 19.3 Å². The normalized spacial score (nSPS) is 18.2. The van der Waals surface area contributed by atoms with Gasteiger partial charge in [0, 0.05) is 25.4 Å². The molecule has 1 aliphatic heterocycles. The van der Waals surface area contributed by atoms with E-state index in [2.05, 4.69) is 4.98 Å². The molecule has 0 saturated carbocycles. The van der Waals surface area contributed by atoms with Gasteiger partial charge in [-0.25, -0.2) is 4.79 Å². The van der Waals surface area contributed by atoms with Crippen LogP contribution in [0.15, 0.2) is 18.3 Å². The molecule has 1 aromatic heterocycles. The SMILES string of the molecule is O=C(O)c1cccnc1C(=O)N1CCCC1CCCO. The van der Waals surface area contributed by atoms with Crippen LogP contribution in [0.2, 0.25) is 0 Å². The van der Waals surface area contributed by atoms with E-state index in [1.165, 1.54) is 18.3 Å². The second kappa shape index (κ2) is 6.47. The molecule has 1 atom stereocenters. The topological polar surface area (TPSA) is 90.7 Å². The molecule has 1 aliphatic rings. The lowest BCUT2D eigenvalue weighted by Gasteiger charge is -2.24. The Morgan fingerprint density at radius 2 is 2.25 bits per heavy atom. The third kappa shape index (κ3) is 2.96. The van der Waals surface area contributed by atoms with Crippen molar-refractivity contribution in [3.05, 3.63) is 29.6 Å². The van der Waals surface area contributed by atoms with Crippen LogP contribution in [0.25, 0.3) is 0 Å². The Labute approximate surface area is 117 Å². The van der Waals surface area contributed by atoms with Crippen LogP contribution in [0, 0.1) is 0 Å². The number of carboxylic acid groups (broad SMARTS) is 1. The Balaban J connectivity index is 2.20. The molecule has 1 aromatic rings. The van der Waals surface area contributed by atoms with Crippen LogP contribution in [0.5, 0.6) is 0 Å². The zero-order valence-corrected chi connectivity index (χ0v) is 11.2. The molecule has 6 nitrogen and oxygen atoms in total. The molecule has 0 spiro atoms. The molecule has 0 aliphatic carbocycles. The minimum absolute atomic E-state index is 0.00380. The second-order valence-corrected chi connectivity index (χ2v) is 4.87. The number of likely N-dealkylation sites (tertiary alicyclic amines) is 1. The summed E-state index contributed by atoms with van der Waals surface area (Å²) in [7, 11) is 0. The van der Waals surface area contributed by atoms with Gasteiger partial charge in [-0.1, -0.05) is 0 Å². The summed E-state index contributed by atoms with van der Waals surface area (Å²) >= 11 is 0. The Hall–Kier alpha value is -1.95. The number of aliphatic hydroxyl groups is 1. The molecular formula is C14H18N2O4. The highest BCUT2D eigenvalue weighted by atomic mass is 16.4. The van der Waals surface area contributed by atoms with Crippen molar-refractivity contribution in [1.82, 2.24) is 9.88 Å². The van der Waals surface area contributed by atoms with Crippen LogP contribution in [0.4, 0.5) is 0 Å². The van der Waals surface area contributed by atoms with Gasteiger partial charge in [0.25, 0.3) is 5.91 Å². The number of nitrogens with zero attached hydrogens (tertiary/aromatic N) is 2. The second-order valence-electron chi connectivity index (χ2n) is 4.87. The molecule has 1 fully saturated rings. The van der Waals surface area contributed by atoms with Gasteiger partial charge in [-0.3, -0.25) is 9.78 Å². The molecular weight excluding hydrogens is 260 g/mol. The van der Waals surface area contributed by atoms with Crippen molar-refractivity contribution in [2.75, 3.05) is 13.2 Å². The number of carboxylic acids is 1. The predicted molar refractivity (Wildman–Crippen MR) is 71.6 cm³/mol. The number of hydrogen-bond acceptors (Lipinski definition) is 4. The number of aromatic carboxylic acids is 1. The van der Waals surface area contributed by atoms with Crippen molar-refractivity contribution in [2.24, 2.45) is 0 Å². The van der Waals surface area contributed by atoms with Gasteiger partial charge in [0.15, 0.2) is 0 Å². The van der Waals surface area contributed by atoms with Gasteiger partial charge in [0.2, 0.25) is 0 Å². The Bertz CT molecular complexity index is 504. The highest BCUT2D eigenvalue weighted by molar-refractivity contribution is 6.03. The van der Waals surface area contributed by atoms with Crippen molar-refractivity contribution < 1.29 is 19.8 Å². The average Bonchev–Trinajstić information content (AvgIpc) is 2.92. The van der Waals surface area contributed by atoms with Crippen LogP contribution >= 0.6 is 0 Å². The Kier molecular flexibility index (Phi) is 4.68. The summed E-state index contributed by atoms with van der Waals surface area (Å²) < 4.78 is 0. The molecule has 1 saturated heterocycles. The van der Waals surface area contributed by atoms with Gasteiger partial charge < -0.3 is 15.1 Å². The van der Waals surface area contributed by atoms with E-state index in [1.54, 1.807) is 4.90 Å². The number of carbonyl (C=O) groups excluding carboxylic acids is 1. The van der Waals surface area contributed by atoms with Gasteiger partial charge in [0.1, 0.15) is 5.69 Å². The first-order chi connectivity index (χ1) is 9.65. The predicted octanol–water partition coefficient (Wildman–Crippen LogP) is 1.16. The van der Waals surface area contributed by atoms with E-state index >= 15 is 0 Å². The molecule has 108 valence electrons. The van der Waals surface area contributed by atoms with Crippen LogP contribution in [0.3, 0.4) is 0 Å². The standard InChI is InChI=1S/C14H18N2O4/c17-9-3-5-10-4-2-8-16(10)13(18)12-11(14(19)20)6-1-7-15-12/h1,6-7,10,17H,2-5,8-9H2,(H,19,20). The molecule has 2 heterocycles. The first-order valence-corrected chi connectivity index (χ1v) is 6.75. The fraction of sp³-hybridized carbons (Fsp3) is 0.500. The lowest BCUT2D eigenvalue weighted by Crippen LogP contribution is -2.37. The maximum atomic E-state index is 12.5. The average molecular weight is 278 g/mol. The van der Waals surface area contributed by atoms with E-state index in [-0.39, 0.29) is 29.8 Å². The maximum Gasteiger partial charge on any atom is 0.338 e. The number of pyridine rings is 1. The monoisotopic (exact) mass is 278 g/mol. The number of carbonyl (C=O) groups is 2. The fourth-order valence-electron chi connectivity index (χ4n) is 2.61. The van der Waals surface area contributed by atoms with Gasteiger partial charge in [-0.15, -0.1) is 0 Å². The van der Waals surface area contributed by atoms with E-state index in [4.69, 9.17) is 10.2 Å². The van der Waals surface area contributed by atoms with Crippen molar-refractivity contribution in [2.45, 2.75) is 31.7 Å². The summed E-state index contributed by atoms with van der Waals surface area (Å²) in [6.07, 6.45) is 4.59. The third-order valence-electron chi connectivity index (χ3n) is 3.57. The van der Waals surface area contributed by atoms with Gasteiger partial charge in [0.05, 0.1) is 5.56 Å². The summed E-state index contributed by atoms with van der Waals surface area (Å²) in [5.74, 6) is -1.48. The lowest BCUT2D eigenvalue weighted by atomic mass is 10.1. The molecule has 2 N–H and O–H groups in total. The summed E-state index contributed by atoms with van der Waals surface area (Å²) in [4.78, 5) is 29.3. The fourth-order valence-corrected chi connectivity index (χ4v) is 2.61. The Morgan fingerprint density at radius 3 is 2.95 bits per heavy atom. The van der Waals surface area contributed by atoms with Crippen LogP contribution in [-0.4, -0.2) is 51.2 Å². The first kappa shape index (κ1) is 14.5. The van der Waals surface area contributed by atoms with Gasteiger partial charge in [-0.05, 0) is 37.8 Å². The van der Waals surface area contributed by atoms with E-state index in [0.29, 0.717) is 13.0 Å². The van der Waals surface area contributed by atoms with Gasteiger partial charge >= 0.3 is 5.97 Å². The van der Waals surface area contributed by atoms with Crippen molar-refractivity contribution >= 4 is 11.9 Å². The number of rotatable bonds is 5. The minimum atomic E-state index is -1.15. The van der Waals surface area contributed by atoms with Crippen molar-refractivity contribution in [3.8, 4) is 0 Å². The van der Waals surface area contributed by atoms with Crippen LogP contribution < -0.4 is 0 Å². The quantitative estimate of drug-likeness (QED) is 0.843. The van der Waals surface area contributed by atoms with E-state index in [1.807, 2.05) is 0 Å². The van der Waals surface area contributed by atoms with Crippen LogP contribution in [0.1, 0.15) is 46.5 Å². The largest absolute Gasteiger partial charge is 0.478 e. The highest BCUT2D eigenvalue weighted by Crippen LogP contribution is 2.23. The van der Waals surface area contributed by atoms with Crippen molar-refractivity contribution in [1.29, 1.82) is 0 Å². The molecule has 0 bridgehead atoms. The Morgan fingerprint density at radius 1 is 1.45 bits per heavy atom. The number of aliphatic hydroxyl groups excluding tert-OH is 1. The summed E-state index contributed by atoms with van der Waals surface area (Å²) in [6, 6.07) is 2.97. The third-order valence-corrected chi connectivity index (χ3v) is 3.57. The molecule has 1 amide bonds. The molecule has 1 unspecified atom stereocenters. The maximum absolute atomic E-state index is 12.5. The summed E-state index contributed by atoms with van der Waals surface area (Å²) in [5.41, 5.74) is -0.0683. The molecule has 0 radical (unpaired) electrons. The smallest absolute Gasteiger partial charge is 0.338 e. The summed E-state index contributed by atoms with van der Waals surface area (Å²) in [6.45, 7) is 0.715. The number of aromatic nitrogens is 1. The molecule has 6 heteroatoms. The zero-order chi connectivity index (χ0) is 14.5. The van der Waals surface area contributed by atoms with E-state index < -0.39 is 5.97 Å². The van der Waals surface area contributed by atoms with Crippen molar-refractivity contribution in [3.63, 3.8) is 0 Å². The minimum Gasteiger partial charge on any atom is -0.478 e. The molecule has 20 heavy (non-hydrogen) atoms. The first-order valence-electron chi connectivity index (χ1n) is 6.75. The number of hydrogen-bond donors (Lipinski definition) is 2. The molecule has 0 aromatic carbocycles. The van der Waals surface area contributed by atoms with E-state index in [9.17, 15) is 9.59 Å². The molecule has 2 rings (SSSR count). The van der Waals surface area contributed by atoms with Crippen LogP contribution in [-0.2, 0) is 0 Å². The van der Waals surface area contributed by atoms with Gasteiger partial charge in [-0.2, -0.15) is 0 Å². The number of amides is 1. The summed E-state index contributed by atoms with van der Waals surface area (Å²) in [5, 5.41) is 18.0.